The van der Waals surface area contributed by atoms with Crippen molar-refractivity contribution in [3.05, 3.63) is 56.5 Å². The molecule has 120 valence electrons. The maximum atomic E-state index is 11.6. The summed E-state index contributed by atoms with van der Waals surface area (Å²) in [4.78, 5) is 22.4. The Labute approximate surface area is 133 Å². The van der Waals surface area contributed by atoms with Crippen molar-refractivity contribution in [3.63, 3.8) is 0 Å². The van der Waals surface area contributed by atoms with Crippen LogP contribution in [-0.2, 0) is 7.05 Å². The summed E-state index contributed by atoms with van der Waals surface area (Å²) in [5, 5.41) is 11.2. The minimum atomic E-state index is -0.397. The molecule has 1 aliphatic carbocycles. The second-order valence-corrected chi connectivity index (χ2v) is 5.96. The van der Waals surface area contributed by atoms with Crippen molar-refractivity contribution in [1.29, 1.82) is 0 Å². The first-order valence-electron chi connectivity index (χ1n) is 7.55. The zero-order chi connectivity index (χ0) is 16.6. The second kappa shape index (κ2) is 5.87. The molecule has 3 rings (SSSR count). The van der Waals surface area contributed by atoms with Gasteiger partial charge >= 0.3 is 0 Å². The predicted molar refractivity (Wildman–Crippen MR) is 86.7 cm³/mol. The van der Waals surface area contributed by atoms with Crippen molar-refractivity contribution in [1.82, 2.24) is 4.57 Å². The largest absolute Gasteiger partial charge is 0.493 e. The van der Waals surface area contributed by atoms with E-state index in [0.29, 0.717) is 29.4 Å². The highest BCUT2D eigenvalue weighted by molar-refractivity contribution is 5.77. The van der Waals surface area contributed by atoms with Crippen LogP contribution in [0.4, 0.5) is 5.69 Å². The van der Waals surface area contributed by atoms with Crippen LogP contribution in [0.15, 0.2) is 35.3 Å². The van der Waals surface area contributed by atoms with Gasteiger partial charge in [-0.3, -0.25) is 14.9 Å². The van der Waals surface area contributed by atoms with Crippen LogP contribution in [0, 0.1) is 23.0 Å². The summed E-state index contributed by atoms with van der Waals surface area (Å²) in [6, 6.07) is 6.26. The molecule has 0 aliphatic heterocycles. The van der Waals surface area contributed by atoms with E-state index in [1.54, 1.807) is 32.3 Å². The number of nitro benzene ring substituents is 1. The molecule has 1 aromatic heterocycles. The van der Waals surface area contributed by atoms with Gasteiger partial charge in [0.25, 0.3) is 5.69 Å². The third kappa shape index (κ3) is 3.11. The van der Waals surface area contributed by atoms with Gasteiger partial charge in [-0.05, 0) is 37.8 Å². The first kappa shape index (κ1) is 15.3. The first-order chi connectivity index (χ1) is 11.0. The monoisotopic (exact) mass is 314 g/mol. The number of nitro groups is 1. The molecule has 23 heavy (non-hydrogen) atoms. The van der Waals surface area contributed by atoms with Crippen molar-refractivity contribution in [2.24, 2.45) is 13.0 Å². The Kier molecular flexibility index (Phi) is 3.90. The molecule has 1 aliphatic rings. The number of benzene rings is 1. The number of nitrogens with zero attached hydrogens (tertiary/aromatic N) is 2. The van der Waals surface area contributed by atoms with Crippen LogP contribution in [0.3, 0.4) is 0 Å². The fourth-order valence-electron chi connectivity index (χ4n) is 2.59. The van der Waals surface area contributed by atoms with E-state index in [1.165, 1.54) is 29.5 Å². The molecule has 6 heteroatoms. The molecule has 0 radical (unpaired) electrons. The Morgan fingerprint density at radius 1 is 1.30 bits per heavy atom. The van der Waals surface area contributed by atoms with Crippen LogP contribution in [0.25, 0.3) is 11.1 Å². The van der Waals surface area contributed by atoms with Gasteiger partial charge in [-0.1, -0.05) is 0 Å². The van der Waals surface area contributed by atoms with Crippen molar-refractivity contribution in [2.45, 2.75) is 19.8 Å². The maximum absolute atomic E-state index is 11.6. The summed E-state index contributed by atoms with van der Waals surface area (Å²) in [5.74, 6) is 1.21. The Balaban J connectivity index is 2.12. The number of hydrogen-bond acceptors (Lipinski definition) is 4. The van der Waals surface area contributed by atoms with Crippen LogP contribution < -0.4 is 10.3 Å². The lowest BCUT2D eigenvalue weighted by atomic mass is 9.99. The summed E-state index contributed by atoms with van der Waals surface area (Å²) in [6.45, 7) is 2.33. The van der Waals surface area contributed by atoms with E-state index < -0.39 is 4.92 Å². The SMILES string of the molecule is Cc1c([N+](=O)[O-])ccc(OCC2CC2)c1-c1ccc(=O)n(C)c1. The average molecular weight is 314 g/mol. The average Bonchev–Trinajstić information content (AvgIpc) is 3.32. The fourth-order valence-corrected chi connectivity index (χ4v) is 2.59. The molecular formula is C17H18N2O4. The molecule has 1 fully saturated rings. The molecule has 1 heterocycles. The van der Waals surface area contributed by atoms with Crippen LogP contribution in [0.5, 0.6) is 5.75 Å². The van der Waals surface area contributed by atoms with Gasteiger partial charge in [0.1, 0.15) is 5.75 Å². The lowest BCUT2D eigenvalue weighted by Gasteiger charge is -2.15. The molecular weight excluding hydrogens is 296 g/mol. The van der Waals surface area contributed by atoms with Gasteiger partial charge in [-0.2, -0.15) is 0 Å². The standard InChI is InChI=1S/C17H18N2O4/c1-11-14(19(21)22)6-7-15(23-10-12-3-4-12)17(11)13-5-8-16(20)18(2)9-13/h5-9,12H,3-4,10H2,1-2H3. The Morgan fingerprint density at radius 3 is 2.65 bits per heavy atom. The number of ether oxygens (including phenoxy) is 1. The Hall–Kier alpha value is -2.63. The lowest BCUT2D eigenvalue weighted by Crippen LogP contribution is -2.14. The van der Waals surface area contributed by atoms with Crippen LogP contribution >= 0.6 is 0 Å². The third-order valence-electron chi connectivity index (χ3n) is 4.14. The summed E-state index contributed by atoms with van der Waals surface area (Å²) in [7, 11) is 1.66. The fraction of sp³-hybridized carbons (Fsp3) is 0.353. The van der Waals surface area contributed by atoms with E-state index in [1.807, 2.05) is 0 Å². The van der Waals surface area contributed by atoms with Crippen LogP contribution in [-0.4, -0.2) is 16.1 Å². The molecule has 0 bridgehead atoms. The van der Waals surface area contributed by atoms with E-state index >= 15 is 0 Å². The van der Waals surface area contributed by atoms with Crippen molar-refractivity contribution < 1.29 is 9.66 Å². The second-order valence-electron chi connectivity index (χ2n) is 5.96. The molecule has 1 saturated carbocycles. The molecule has 2 aromatic rings. The molecule has 0 unspecified atom stereocenters. The summed E-state index contributed by atoms with van der Waals surface area (Å²) in [5.41, 5.74) is 1.88. The maximum Gasteiger partial charge on any atom is 0.273 e. The summed E-state index contributed by atoms with van der Waals surface area (Å²) in [6.07, 6.45) is 4.01. The summed E-state index contributed by atoms with van der Waals surface area (Å²) >= 11 is 0. The first-order valence-corrected chi connectivity index (χ1v) is 7.55. The minimum absolute atomic E-state index is 0.0487. The molecule has 0 N–H and O–H groups in total. The lowest BCUT2D eigenvalue weighted by molar-refractivity contribution is -0.385. The minimum Gasteiger partial charge on any atom is -0.493 e. The van der Waals surface area contributed by atoms with E-state index in [9.17, 15) is 14.9 Å². The highest BCUT2D eigenvalue weighted by Gasteiger charge is 2.24. The van der Waals surface area contributed by atoms with Gasteiger partial charge in [-0.25, -0.2) is 0 Å². The van der Waals surface area contributed by atoms with Crippen molar-refractivity contribution >= 4 is 5.69 Å². The van der Waals surface area contributed by atoms with E-state index in [4.69, 9.17) is 4.74 Å². The number of aryl methyl sites for hydroxylation is 1. The number of hydrogen-bond donors (Lipinski definition) is 0. The van der Waals surface area contributed by atoms with Gasteiger partial charge in [0, 0.05) is 42.1 Å². The van der Waals surface area contributed by atoms with E-state index in [2.05, 4.69) is 0 Å². The number of pyridine rings is 1. The molecule has 6 nitrogen and oxygen atoms in total. The van der Waals surface area contributed by atoms with Crippen LogP contribution in [0.2, 0.25) is 0 Å². The highest BCUT2D eigenvalue weighted by atomic mass is 16.6. The normalized spacial score (nSPS) is 13.8. The van der Waals surface area contributed by atoms with E-state index in [0.717, 1.165) is 5.56 Å². The predicted octanol–water partition coefficient (Wildman–Crippen LogP) is 3.06. The number of rotatable bonds is 5. The molecule has 0 atom stereocenters. The highest BCUT2D eigenvalue weighted by Crippen LogP contribution is 2.39. The zero-order valence-corrected chi connectivity index (χ0v) is 13.1. The van der Waals surface area contributed by atoms with Gasteiger partial charge in [0.05, 0.1) is 11.5 Å². The molecule has 0 amide bonds. The Bertz CT molecular complexity index is 822. The topological polar surface area (TPSA) is 74.4 Å². The van der Waals surface area contributed by atoms with Crippen LogP contribution in [0.1, 0.15) is 18.4 Å². The van der Waals surface area contributed by atoms with Crippen molar-refractivity contribution in [3.8, 4) is 16.9 Å². The summed E-state index contributed by atoms with van der Waals surface area (Å²) < 4.78 is 7.35. The van der Waals surface area contributed by atoms with Gasteiger partial charge in [-0.15, -0.1) is 0 Å². The Morgan fingerprint density at radius 2 is 2.04 bits per heavy atom. The smallest absolute Gasteiger partial charge is 0.273 e. The van der Waals surface area contributed by atoms with Crippen molar-refractivity contribution in [2.75, 3.05) is 6.61 Å². The molecule has 1 aromatic carbocycles. The van der Waals surface area contributed by atoms with Gasteiger partial charge in [0.15, 0.2) is 0 Å². The molecule has 0 spiro atoms. The zero-order valence-electron chi connectivity index (χ0n) is 13.1. The third-order valence-corrected chi connectivity index (χ3v) is 4.14. The quantitative estimate of drug-likeness (QED) is 0.628. The molecule has 0 saturated heterocycles. The van der Waals surface area contributed by atoms with Gasteiger partial charge in [0.2, 0.25) is 5.56 Å². The van der Waals surface area contributed by atoms with Gasteiger partial charge < -0.3 is 9.30 Å². The van der Waals surface area contributed by atoms with E-state index in [-0.39, 0.29) is 11.2 Å². The number of aromatic nitrogens is 1.